The predicted octanol–water partition coefficient (Wildman–Crippen LogP) is 4.10. The molecular formula is C17H15N3S. The molecule has 4 heteroatoms. The molecule has 0 saturated heterocycles. The first-order chi connectivity index (χ1) is 10.2. The molecule has 0 aliphatic rings. The summed E-state index contributed by atoms with van der Waals surface area (Å²) in [6.07, 6.45) is 0.706. The van der Waals surface area contributed by atoms with Crippen LogP contribution in [0.2, 0.25) is 0 Å². The highest BCUT2D eigenvalue weighted by Crippen LogP contribution is 2.16. The van der Waals surface area contributed by atoms with Gasteiger partial charge in [-0.25, -0.2) is 4.98 Å². The summed E-state index contributed by atoms with van der Waals surface area (Å²) in [7, 11) is 0. The molecule has 0 bridgehead atoms. The lowest BCUT2D eigenvalue weighted by Crippen LogP contribution is -2.01. The Hall–Kier alpha value is -2.33. The fourth-order valence-corrected chi connectivity index (χ4v) is 2.28. The van der Waals surface area contributed by atoms with Gasteiger partial charge in [-0.15, -0.1) is 0 Å². The van der Waals surface area contributed by atoms with Crippen LogP contribution >= 0.6 is 12.2 Å². The van der Waals surface area contributed by atoms with Crippen molar-refractivity contribution in [3.8, 4) is 11.4 Å². The number of H-pyrrole nitrogens is 1. The molecule has 104 valence electrons. The van der Waals surface area contributed by atoms with Crippen molar-refractivity contribution in [1.82, 2.24) is 15.2 Å². The summed E-state index contributed by atoms with van der Waals surface area (Å²) in [6.45, 7) is 2.06. The van der Waals surface area contributed by atoms with E-state index in [1.807, 2.05) is 30.3 Å². The molecule has 3 rings (SSSR count). The predicted molar refractivity (Wildman–Crippen MR) is 86.6 cm³/mol. The van der Waals surface area contributed by atoms with Gasteiger partial charge >= 0.3 is 0 Å². The minimum atomic E-state index is 0.592. The summed E-state index contributed by atoms with van der Waals surface area (Å²) in [5.74, 6) is 0.675. The number of aromatic amines is 1. The van der Waals surface area contributed by atoms with Gasteiger partial charge in [-0.2, -0.15) is 5.10 Å². The van der Waals surface area contributed by atoms with Crippen molar-refractivity contribution < 1.29 is 0 Å². The van der Waals surface area contributed by atoms with Crippen molar-refractivity contribution in [2.24, 2.45) is 0 Å². The van der Waals surface area contributed by atoms with E-state index in [4.69, 9.17) is 12.2 Å². The molecular weight excluding hydrogens is 278 g/mol. The fraction of sp³-hybridized carbons (Fsp3) is 0.118. The topological polar surface area (TPSA) is 41.6 Å². The summed E-state index contributed by atoms with van der Waals surface area (Å²) in [5.41, 5.74) is 4.24. The Bertz CT molecular complexity index is 792. The van der Waals surface area contributed by atoms with Crippen LogP contribution in [0.1, 0.15) is 16.8 Å². The number of nitrogens with zero attached hydrogens (tertiary/aromatic N) is 2. The van der Waals surface area contributed by atoms with Crippen LogP contribution < -0.4 is 0 Å². The number of aryl methyl sites for hydroxylation is 1. The second-order valence-electron chi connectivity index (χ2n) is 4.96. The Morgan fingerprint density at radius 2 is 1.71 bits per heavy atom. The number of hydrogen-bond acceptors (Lipinski definition) is 3. The number of aromatic nitrogens is 3. The zero-order valence-corrected chi connectivity index (χ0v) is 12.5. The van der Waals surface area contributed by atoms with Gasteiger partial charge < -0.3 is 0 Å². The van der Waals surface area contributed by atoms with Gasteiger partial charge in [0, 0.05) is 12.0 Å². The second kappa shape index (κ2) is 5.97. The number of nitrogens with one attached hydrogen (secondary N) is 1. The van der Waals surface area contributed by atoms with Gasteiger partial charge in [-0.1, -0.05) is 72.4 Å². The van der Waals surface area contributed by atoms with Crippen LogP contribution in [0, 0.1) is 11.6 Å². The van der Waals surface area contributed by atoms with Crippen LogP contribution in [0.15, 0.2) is 54.6 Å². The van der Waals surface area contributed by atoms with E-state index in [-0.39, 0.29) is 0 Å². The Labute approximate surface area is 128 Å². The van der Waals surface area contributed by atoms with Crippen LogP contribution in [-0.4, -0.2) is 15.2 Å². The van der Waals surface area contributed by atoms with E-state index in [0.29, 0.717) is 16.9 Å². The molecule has 0 spiro atoms. The van der Waals surface area contributed by atoms with Crippen molar-refractivity contribution in [2.75, 3.05) is 0 Å². The van der Waals surface area contributed by atoms with E-state index in [1.54, 1.807) is 0 Å². The zero-order chi connectivity index (χ0) is 14.7. The lowest BCUT2D eigenvalue weighted by Gasteiger charge is -2.05. The van der Waals surface area contributed by atoms with Crippen LogP contribution in [0.3, 0.4) is 0 Å². The largest absolute Gasteiger partial charge is 0.264 e. The molecule has 0 atom stereocenters. The molecule has 0 aliphatic carbocycles. The SMILES string of the molecule is Cc1ccc(-c2n[nH]c(=S)c(Cc3ccccc3)n2)cc1. The third kappa shape index (κ3) is 3.23. The number of rotatable bonds is 3. The normalized spacial score (nSPS) is 10.5. The molecule has 1 aromatic heterocycles. The van der Waals surface area contributed by atoms with E-state index in [9.17, 15) is 0 Å². The summed E-state index contributed by atoms with van der Waals surface area (Å²) >= 11 is 5.30. The first kappa shape index (κ1) is 13.6. The van der Waals surface area contributed by atoms with Crippen LogP contribution in [0.25, 0.3) is 11.4 Å². The summed E-state index contributed by atoms with van der Waals surface area (Å²) in [5, 5.41) is 7.14. The first-order valence-electron chi connectivity index (χ1n) is 6.79. The third-order valence-corrected chi connectivity index (χ3v) is 3.62. The Morgan fingerprint density at radius 3 is 2.43 bits per heavy atom. The van der Waals surface area contributed by atoms with E-state index in [1.165, 1.54) is 11.1 Å². The summed E-state index contributed by atoms with van der Waals surface area (Å²) < 4.78 is 0.592. The lowest BCUT2D eigenvalue weighted by atomic mass is 10.1. The standard InChI is InChI=1S/C17H15N3S/c1-12-7-9-14(10-8-12)16-18-15(17(21)20-19-16)11-13-5-3-2-4-6-13/h2-10H,11H2,1H3,(H,20,21). The average molecular weight is 293 g/mol. The number of hydrogen-bond donors (Lipinski definition) is 1. The minimum absolute atomic E-state index is 0.592. The molecule has 0 fully saturated rings. The molecule has 1 N–H and O–H groups in total. The van der Waals surface area contributed by atoms with Gasteiger partial charge in [0.2, 0.25) is 0 Å². The van der Waals surface area contributed by atoms with Gasteiger partial charge in [0.1, 0.15) is 4.64 Å². The van der Waals surface area contributed by atoms with E-state index in [0.717, 1.165) is 11.3 Å². The highest BCUT2D eigenvalue weighted by molar-refractivity contribution is 7.71. The molecule has 3 aromatic rings. The maximum atomic E-state index is 5.30. The van der Waals surface area contributed by atoms with Crippen molar-refractivity contribution >= 4 is 12.2 Å². The van der Waals surface area contributed by atoms with E-state index in [2.05, 4.69) is 46.4 Å². The van der Waals surface area contributed by atoms with E-state index < -0.39 is 0 Å². The quantitative estimate of drug-likeness (QED) is 0.739. The number of benzene rings is 2. The Balaban J connectivity index is 1.96. The van der Waals surface area contributed by atoms with Crippen molar-refractivity contribution in [1.29, 1.82) is 0 Å². The second-order valence-corrected chi connectivity index (χ2v) is 5.37. The Morgan fingerprint density at radius 1 is 1.00 bits per heavy atom. The summed E-state index contributed by atoms with van der Waals surface area (Å²) in [6, 6.07) is 18.3. The maximum Gasteiger partial charge on any atom is 0.179 e. The molecule has 1 heterocycles. The minimum Gasteiger partial charge on any atom is -0.264 e. The smallest absolute Gasteiger partial charge is 0.179 e. The van der Waals surface area contributed by atoms with Crippen LogP contribution in [-0.2, 0) is 6.42 Å². The highest BCUT2D eigenvalue weighted by atomic mass is 32.1. The highest BCUT2D eigenvalue weighted by Gasteiger charge is 2.06. The third-order valence-electron chi connectivity index (χ3n) is 3.29. The van der Waals surface area contributed by atoms with Gasteiger partial charge in [0.05, 0.1) is 5.69 Å². The van der Waals surface area contributed by atoms with E-state index >= 15 is 0 Å². The fourth-order valence-electron chi connectivity index (χ4n) is 2.11. The van der Waals surface area contributed by atoms with Crippen LogP contribution in [0.4, 0.5) is 0 Å². The molecule has 2 aromatic carbocycles. The van der Waals surface area contributed by atoms with Crippen molar-refractivity contribution in [3.63, 3.8) is 0 Å². The Kier molecular flexibility index (Phi) is 3.88. The molecule has 0 amide bonds. The zero-order valence-electron chi connectivity index (χ0n) is 11.7. The molecule has 3 nitrogen and oxygen atoms in total. The maximum absolute atomic E-state index is 5.30. The van der Waals surface area contributed by atoms with Gasteiger partial charge in [-0.05, 0) is 12.5 Å². The van der Waals surface area contributed by atoms with Gasteiger partial charge in [-0.3, -0.25) is 5.10 Å². The lowest BCUT2D eigenvalue weighted by molar-refractivity contribution is 0.907. The van der Waals surface area contributed by atoms with Crippen LogP contribution in [0.5, 0.6) is 0 Å². The molecule has 0 saturated carbocycles. The average Bonchev–Trinajstić information content (AvgIpc) is 2.51. The van der Waals surface area contributed by atoms with Crippen molar-refractivity contribution in [2.45, 2.75) is 13.3 Å². The molecule has 0 unspecified atom stereocenters. The monoisotopic (exact) mass is 293 g/mol. The van der Waals surface area contributed by atoms with Gasteiger partial charge in [0.15, 0.2) is 5.82 Å². The molecule has 21 heavy (non-hydrogen) atoms. The molecule has 0 aliphatic heterocycles. The van der Waals surface area contributed by atoms with Gasteiger partial charge in [0.25, 0.3) is 0 Å². The first-order valence-corrected chi connectivity index (χ1v) is 7.20. The molecule has 0 radical (unpaired) electrons. The summed E-state index contributed by atoms with van der Waals surface area (Å²) in [4.78, 5) is 4.62. The van der Waals surface area contributed by atoms with Crippen molar-refractivity contribution in [3.05, 3.63) is 76.1 Å².